The molecule has 0 unspecified atom stereocenters. The second kappa shape index (κ2) is 6.40. The van der Waals surface area contributed by atoms with Crippen LogP contribution in [0.3, 0.4) is 0 Å². The van der Waals surface area contributed by atoms with Gasteiger partial charge in [0.05, 0.1) is 18.5 Å². The second-order valence-corrected chi connectivity index (χ2v) is 5.42. The van der Waals surface area contributed by atoms with E-state index in [1.165, 1.54) is 35.2 Å². The van der Waals surface area contributed by atoms with E-state index in [4.69, 9.17) is 10.8 Å². The van der Waals surface area contributed by atoms with Gasteiger partial charge in [-0.15, -0.1) is 0 Å². The summed E-state index contributed by atoms with van der Waals surface area (Å²) in [6.07, 6.45) is 0.892. The number of halogens is 2. The van der Waals surface area contributed by atoms with Gasteiger partial charge in [0.15, 0.2) is 0 Å². The number of anilines is 2. The Bertz CT molecular complexity index is 1030. The van der Waals surface area contributed by atoms with Crippen molar-refractivity contribution in [3.8, 4) is 0 Å². The van der Waals surface area contributed by atoms with Gasteiger partial charge in [-0.05, 0) is 30.3 Å². The van der Waals surface area contributed by atoms with Crippen molar-refractivity contribution in [3.05, 3.63) is 59.2 Å². The molecule has 0 atom stereocenters. The first kappa shape index (κ1) is 16.7. The van der Waals surface area contributed by atoms with Crippen LogP contribution >= 0.6 is 0 Å². The standard InChI is InChI=1S/C17H15F2N5O/c1-23(12-4-2-3-11(18)6-12)16-13-7-14(19)10(8-25)5-15(13)24(9-20)17(21)22-16/h2-7,9,20-21,25H,8H2,1H3. The molecule has 0 bridgehead atoms. The zero-order chi connectivity index (χ0) is 18.1. The highest BCUT2D eigenvalue weighted by Crippen LogP contribution is 2.29. The number of nitrogens with zero attached hydrogens (tertiary/aromatic N) is 3. The van der Waals surface area contributed by atoms with E-state index >= 15 is 0 Å². The lowest BCUT2D eigenvalue weighted by atomic mass is 10.1. The summed E-state index contributed by atoms with van der Waals surface area (Å²) in [4.78, 5) is 5.66. The third-order valence-corrected chi connectivity index (χ3v) is 3.92. The fourth-order valence-electron chi connectivity index (χ4n) is 2.63. The van der Waals surface area contributed by atoms with Gasteiger partial charge in [0.1, 0.15) is 17.5 Å². The van der Waals surface area contributed by atoms with Gasteiger partial charge in [-0.3, -0.25) is 15.4 Å². The normalized spacial score (nSPS) is 10.9. The van der Waals surface area contributed by atoms with Crippen LogP contribution in [-0.2, 0) is 6.61 Å². The van der Waals surface area contributed by atoms with Crippen molar-refractivity contribution in [1.29, 1.82) is 10.8 Å². The van der Waals surface area contributed by atoms with E-state index in [0.717, 1.165) is 10.9 Å². The molecule has 8 heteroatoms. The number of rotatable bonds is 4. The predicted molar refractivity (Wildman–Crippen MR) is 90.1 cm³/mol. The summed E-state index contributed by atoms with van der Waals surface area (Å²) in [7, 11) is 1.63. The topological polar surface area (TPSA) is 89.0 Å². The highest BCUT2D eigenvalue weighted by Gasteiger charge is 2.16. The van der Waals surface area contributed by atoms with Crippen LogP contribution in [0.1, 0.15) is 5.56 Å². The Morgan fingerprint density at radius 3 is 2.68 bits per heavy atom. The average Bonchev–Trinajstić information content (AvgIpc) is 2.60. The van der Waals surface area contributed by atoms with E-state index < -0.39 is 18.2 Å². The number of aliphatic hydroxyl groups is 1. The van der Waals surface area contributed by atoms with E-state index in [9.17, 15) is 13.9 Å². The highest BCUT2D eigenvalue weighted by molar-refractivity contribution is 5.94. The van der Waals surface area contributed by atoms with Crippen LogP contribution < -0.4 is 10.5 Å². The van der Waals surface area contributed by atoms with Gasteiger partial charge in [-0.25, -0.2) is 8.78 Å². The molecule has 6 nitrogen and oxygen atoms in total. The van der Waals surface area contributed by atoms with E-state index in [2.05, 4.69) is 4.98 Å². The van der Waals surface area contributed by atoms with Crippen molar-refractivity contribution in [3.63, 3.8) is 0 Å². The molecule has 0 aliphatic carbocycles. The number of aliphatic hydroxyl groups excluding tert-OH is 1. The lowest BCUT2D eigenvalue weighted by Gasteiger charge is -2.21. The third-order valence-electron chi connectivity index (χ3n) is 3.92. The lowest BCUT2D eigenvalue weighted by Crippen LogP contribution is -2.26. The molecule has 0 amide bonds. The summed E-state index contributed by atoms with van der Waals surface area (Å²) in [5.41, 5.74) is 0.635. The van der Waals surface area contributed by atoms with Gasteiger partial charge in [0, 0.05) is 23.7 Å². The predicted octanol–water partition coefficient (Wildman–Crippen LogP) is 2.51. The Morgan fingerprint density at radius 1 is 1.28 bits per heavy atom. The zero-order valence-electron chi connectivity index (χ0n) is 13.3. The van der Waals surface area contributed by atoms with Gasteiger partial charge in [-0.2, -0.15) is 4.98 Å². The van der Waals surface area contributed by atoms with Crippen molar-refractivity contribution in [2.45, 2.75) is 6.61 Å². The van der Waals surface area contributed by atoms with Crippen LogP contribution in [0, 0.1) is 22.5 Å². The van der Waals surface area contributed by atoms with Crippen molar-refractivity contribution in [2.75, 3.05) is 11.9 Å². The van der Waals surface area contributed by atoms with Gasteiger partial charge < -0.3 is 10.0 Å². The van der Waals surface area contributed by atoms with Crippen LogP contribution in [0.4, 0.5) is 20.3 Å². The van der Waals surface area contributed by atoms with Gasteiger partial charge in [0.2, 0.25) is 5.62 Å². The molecule has 2 aromatic carbocycles. The number of benzene rings is 2. The third kappa shape index (κ3) is 2.87. The number of hydrogen-bond donors (Lipinski definition) is 3. The fraction of sp³-hybridized carbons (Fsp3) is 0.118. The molecule has 1 heterocycles. The molecule has 3 aromatic rings. The highest BCUT2D eigenvalue weighted by atomic mass is 19.1. The van der Waals surface area contributed by atoms with Crippen LogP contribution in [0.5, 0.6) is 0 Å². The Kier molecular flexibility index (Phi) is 4.28. The molecule has 0 fully saturated rings. The molecule has 1 aromatic heterocycles. The molecule has 0 saturated carbocycles. The molecule has 0 spiro atoms. The minimum atomic E-state index is -0.625. The maximum absolute atomic E-state index is 14.2. The molecule has 0 saturated heterocycles. The van der Waals surface area contributed by atoms with Crippen LogP contribution in [0.25, 0.3) is 10.9 Å². The summed E-state index contributed by atoms with van der Waals surface area (Å²) in [5.74, 6) is -0.814. The van der Waals surface area contributed by atoms with Crippen molar-refractivity contribution in [1.82, 2.24) is 9.55 Å². The first-order chi connectivity index (χ1) is 12.0. The Morgan fingerprint density at radius 2 is 2.04 bits per heavy atom. The summed E-state index contributed by atoms with van der Waals surface area (Å²) < 4.78 is 28.9. The molecule has 3 N–H and O–H groups in total. The monoisotopic (exact) mass is 343 g/mol. The molecule has 0 radical (unpaired) electrons. The van der Waals surface area contributed by atoms with E-state index in [1.807, 2.05) is 0 Å². The first-order valence-electron chi connectivity index (χ1n) is 7.36. The molecule has 0 aliphatic rings. The quantitative estimate of drug-likeness (QED) is 0.502. The molecule has 0 aliphatic heterocycles. The minimum absolute atomic E-state index is 0.0491. The summed E-state index contributed by atoms with van der Waals surface area (Å²) >= 11 is 0. The molecular formula is C17H15F2N5O. The maximum atomic E-state index is 14.2. The average molecular weight is 343 g/mol. The smallest absolute Gasteiger partial charge is 0.229 e. The number of fused-ring (bicyclic) bond motifs is 1. The number of nitrogens with one attached hydrogen (secondary N) is 2. The van der Waals surface area contributed by atoms with Crippen molar-refractivity contribution in [2.24, 2.45) is 0 Å². The van der Waals surface area contributed by atoms with Crippen LogP contribution in [0.2, 0.25) is 0 Å². The van der Waals surface area contributed by atoms with Gasteiger partial charge in [-0.1, -0.05) is 6.07 Å². The maximum Gasteiger partial charge on any atom is 0.229 e. The Hall–Kier alpha value is -3.13. The zero-order valence-corrected chi connectivity index (χ0v) is 13.3. The van der Waals surface area contributed by atoms with Crippen LogP contribution in [-0.4, -0.2) is 28.0 Å². The summed E-state index contributed by atoms with van der Waals surface area (Å²) in [6.45, 7) is -0.509. The second-order valence-electron chi connectivity index (χ2n) is 5.42. The summed E-state index contributed by atoms with van der Waals surface area (Å²) in [5, 5.41) is 25.1. The van der Waals surface area contributed by atoms with Gasteiger partial charge >= 0.3 is 0 Å². The molecule has 3 rings (SSSR count). The van der Waals surface area contributed by atoms with E-state index in [1.54, 1.807) is 13.1 Å². The number of hydrogen-bond acceptors (Lipinski definition) is 5. The Labute approximate surface area is 141 Å². The largest absolute Gasteiger partial charge is 0.392 e. The lowest BCUT2D eigenvalue weighted by molar-refractivity contribution is 0.276. The first-order valence-corrected chi connectivity index (χ1v) is 7.36. The van der Waals surface area contributed by atoms with Crippen LogP contribution in [0.15, 0.2) is 36.4 Å². The summed E-state index contributed by atoms with van der Waals surface area (Å²) in [6, 6.07) is 8.37. The molecule has 128 valence electrons. The molecule has 25 heavy (non-hydrogen) atoms. The molecular weight excluding hydrogens is 328 g/mol. The van der Waals surface area contributed by atoms with Crippen molar-refractivity contribution < 1.29 is 13.9 Å². The minimum Gasteiger partial charge on any atom is -0.392 e. The number of aromatic nitrogens is 2. The van der Waals surface area contributed by atoms with E-state index in [0.29, 0.717) is 16.6 Å². The fourth-order valence-corrected chi connectivity index (χ4v) is 2.63. The van der Waals surface area contributed by atoms with E-state index in [-0.39, 0.29) is 17.0 Å². The SMILES string of the molecule is CN(c1cccc(F)c1)c1nc(=N)n(C=N)c2cc(CO)c(F)cc12. The Balaban J connectivity index is 2.33. The van der Waals surface area contributed by atoms with Crippen molar-refractivity contribution >= 4 is 28.7 Å². The van der Waals surface area contributed by atoms with Gasteiger partial charge in [0.25, 0.3) is 0 Å².